The maximum Gasteiger partial charge on any atom is 0.508 e. The third kappa shape index (κ3) is 10.2. The van der Waals surface area contributed by atoms with E-state index in [2.05, 4.69) is 5.32 Å². The van der Waals surface area contributed by atoms with Crippen molar-refractivity contribution in [1.82, 2.24) is 5.32 Å². The summed E-state index contributed by atoms with van der Waals surface area (Å²) in [4.78, 5) is 47.5. The summed E-state index contributed by atoms with van der Waals surface area (Å²) in [5, 5.41) is 12.5. The Balaban J connectivity index is 2.97. The van der Waals surface area contributed by atoms with Crippen LogP contribution in [0.5, 0.6) is 11.5 Å². The van der Waals surface area contributed by atoms with E-state index < -0.39 is 48.0 Å². The molecule has 10 heteroatoms. The van der Waals surface area contributed by atoms with Crippen molar-refractivity contribution < 1.29 is 43.2 Å². The van der Waals surface area contributed by atoms with Crippen LogP contribution in [0.1, 0.15) is 54.0 Å². The third-order valence-electron chi connectivity index (χ3n) is 4.39. The monoisotopic (exact) mass is 481 g/mol. The van der Waals surface area contributed by atoms with Gasteiger partial charge in [-0.1, -0.05) is 33.8 Å². The maximum absolute atomic E-state index is 12.1. The molecule has 0 aliphatic rings. The van der Waals surface area contributed by atoms with E-state index in [1.54, 1.807) is 54.5 Å². The van der Waals surface area contributed by atoms with Gasteiger partial charge in [0.05, 0.1) is 17.9 Å². The Morgan fingerprint density at radius 2 is 1.41 bits per heavy atom. The van der Waals surface area contributed by atoms with E-state index in [0.717, 1.165) is 0 Å². The highest BCUT2D eigenvalue weighted by Gasteiger charge is 2.23. The SMILES string of the molecule is CC(C)OC(=O)OC(C)CN[C@@H](Cc1ccc(OC(=O)C(C)C)c(OC(=O)C(C)C)c1)C(=O)O. The first kappa shape index (κ1) is 28.9. The Bertz CT molecular complexity index is 864. The summed E-state index contributed by atoms with van der Waals surface area (Å²) in [7, 11) is 0. The number of carbonyl (C=O) groups is 4. The van der Waals surface area contributed by atoms with Crippen molar-refractivity contribution in [2.75, 3.05) is 6.54 Å². The van der Waals surface area contributed by atoms with Gasteiger partial charge >= 0.3 is 24.1 Å². The molecule has 1 aromatic carbocycles. The molecule has 1 aromatic rings. The smallest absolute Gasteiger partial charge is 0.480 e. The van der Waals surface area contributed by atoms with Crippen molar-refractivity contribution in [1.29, 1.82) is 0 Å². The first-order valence-corrected chi connectivity index (χ1v) is 11.2. The van der Waals surface area contributed by atoms with E-state index in [9.17, 15) is 24.3 Å². The van der Waals surface area contributed by atoms with Crippen LogP contribution in [0.2, 0.25) is 0 Å². The maximum atomic E-state index is 12.1. The van der Waals surface area contributed by atoms with Crippen molar-refractivity contribution in [3.63, 3.8) is 0 Å². The Morgan fingerprint density at radius 3 is 1.91 bits per heavy atom. The Hall–Kier alpha value is -3.14. The number of carboxylic acids is 1. The Kier molecular flexibility index (Phi) is 11.5. The van der Waals surface area contributed by atoms with Crippen LogP contribution in [0, 0.1) is 11.8 Å². The molecule has 34 heavy (non-hydrogen) atoms. The van der Waals surface area contributed by atoms with Gasteiger partial charge in [-0.25, -0.2) is 4.79 Å². The average molecular weight is 482 g/mol. The quantitative estimate of drug-likeness (QED) is 0.338. The normalized spacial score (nSPS) is 12.9. The van der Waals surface area contributed by atoms with Gasteiger partial charge in [0.1, 0.15) is 12.1 Å². The highest BCUT2D eigenvalue weighted by Crippen LogP contribution is 2.30. The highest BCUT2D eigenvalue weighted by molar-refractivity contribution is 5.78. The van der Waals surface area contributed by atoms with Gasteiger partial charge in [0.2, 0.25) is 0 Å². The van der Waals surface area contributed by atoms with Crippen molar-refractivity contribution in [2.24, 2.45) is 11.8 Å². The average Bonchev–Trinajstić information content (AvgIpc) is 2.71. The zero-order chi connectivity index (χ0) is 26.0. The van der Waals surface area contributed by atoms with Crippen LogP contribution in [0.3, 0.4) is 0 Å². The number of hydrogen-bond donors (Lipinski definition) is 2. The molecule has 0 aromatic heterocycles. The summed E-state index contributed by atoms with van der Waals surface area (Å²) in [5.41, 5.74) is 0.531. The van der Waals surface area contributed by atoms with E-state index in [1.165, 1.54) is 12.1 Å². The van der Waals surface area contributed by atoms with Gasteiger partial charge < -0.3 is 29.4 Å². The number of benzene rings is 1. The van der Waals surface area contributed by atoms with Crippen molar-refractivity contribution >= 4 is 24.1 Å². The number of carboxylic acid groups (broad SMARTS) is 1. The number of rotatable bonds is 12. The van der Waals surface area contributed by atoms with Crippen molar-refractivity contribution in [2.45, 2.75) is 73.1 Å². The minimum absolute atomic E-state index is 0.0301. The van der Waals surface area contributed by atoms with Crippen molar-refractivity contribution in [3.8, 4) is 11.5 Å². The number of aliphatic carboxylic acids is 1. The van der Waals surface area contributed by atoms with Gasteiger partial charge in [-0.3, -0.25) is 14.4 Å². The summed E-state index contributed by atoms with van der Waals surface area (Å²) >= 11 is 0. The molecule has 1 unspecified atom stereocenters. The predicted molar refractivity (Wildman–Crippen MR) is 123 cm³/mol. The molecule has 190 valence electrons. The summed E-state index contributed by atoms with van der Waals surface area (Å²) in [6.45, 7) is 11.7. The van der Waals surface area contributed by atoms with Crippen LogP contribution in [-0.4, -0.2) is 54.0 Å². The molecule has 0 heterocycles. The molecular weight excluding hydrogens is 446 g/mol. The second kappa shape index (κ2) is 13.5. The molecule has 1 rings (SSSR count). The molecule has 2 N–H and O–H groups in total. The largest absolute Gasteiger partial charge is 0.508 e. The van der Waals surface area contributed by atoms with E-state index in [4.69, 9.17) is 18.9 Å². The Morgan fingerprint density at radius 1 is 0.853 bits per heavy atom. The topological polar surface area (TPSA) is 137 Å². The predicted octanol–water partition coefficient (Wildman–Crippen LogP) is 3.34. The number of carbonyl (C=O) groups excluding carboxylic acids is 3. The van der Waals surface area contributed by atoms with E-state index in [-0.39, 0.29) is 30.6 Å². The molecule has 0 bridgehead atoms. The van der Waals surface area contributed by atoms with E-state index in [1.807, 2.05) is 0 Å². The molecule has 0 saturated heterocycles. The van der Waals surface area contributed by atoms with Crippen LogP contribution < -0.4 is 14.8 Å². The first-order valence-electron chi connectivity index (χ1n) is 11.2. The summed E-state index contributed by atoms with van der Waals surface area (Å²) in [5.74, 6) is -2.85. The minimum atomic E-state index is -1.12. The fourth-order valence-corrected chi connectivity index (χ4v) is 2.51. The molecule has 0 fully saturated rings. The second-order valence-corrected chi connectivity index (χ2v) is 8.78. The number of hydrogen-bond acceptors (Lipinski definition) is 9. The molecule has 10 nitrogen and oxygen atoms in total. The molecule has 2 atom stereocenters. The molecule has 0 saturated carbocycles. The lowest BCUT2D eigenvalue weighted by Gasteiger charge is -2.20. The summed E-state index contributed by atoms with van der Waals surface area (Å²) in [6.07, 6.45) is -1.77. The fourth-order valence-electron chi connectivity index (χ4n) is 2.51. The number of nitrogens with one attached hydrogen (secondary N) is 1. The molecule has 0 aliphatic carbocycles. The van der Waals surface area contributed by atoms with Gasteiger partial charge in [-0.15, -0.1) is 0 Å². The second-order valence-electron chi connectivity index (χ2n) is 8.78. The standard InChI is InChI=1S/C24H35NO9/c1-13(2)22(28)33-19-9-8-17(11-20(19)34-23(29)14(3)4)10-18(21(26)27)25-12-16(7)32-24(30)31-15(5)6/h8-9,11,13-16,18,25H,10,12H2,1-7H3,(H,26,27)/t16?,18-/m0/s1. The lowest BCUT2D eigenvalue weighted by Crippen LogP contribution is -2.42. The molecule has 0 radical (unpaired) electrons. The van der Waals surface area contributed by atoms with Crippen LogP contribution in [0.4, 0.5) is 4.79 Å². The lowest BCUT2D eigenvalue weighted by molar-refractivity contribution is -0.140. The summed E-state index contributed by atoms with van der Waals surface area (Å²) in [6, 6.07) is 3.50. The zero-order valence-electron chi connectivity index (χ0n) is 20.7. The zero-order valence-corrected chi connectivity index (χ0v) is 20.7. The lowest BCUT2D eigenvalue weighted by atomic mass is 10.0. The van der Waals surface area contributed by atoms with Gasteiger partial charge in [0.25, 0.3) is 0 Å². The molecule has 0 spiro atoms. The first-order chi connectivity index (χ1) is 15.8. The molecule has 0 amide bonds. The minimum Gasteiger partial charge on any atom is -0.480 e. The van der Waals surface area contributed by atoms with Crippen LogP contribution in [0.15, 0.2) is 18.2 Å². The van der Waals surface area contributed by atoms with Gasteiger partial charge in [0.15, 0.2) is 11.5 Å². The van der Waals surface area contributed by atoms with Gasteiger partial charge in [0, 0.05) is 6.54 Å². The van der Waals surface area contributed by atoms with Crippen LogP contribution in [0.25, 0.3) is 0 Å². The Labute approximate surface area is 199 Å². The molecule has 0 aliphatic heterocycles. The fraction of sp³-hybridized carbons (Fsp3) is 0.583. The van der Waals surface area contributed by atoms with Crippen molar-refractivity contribution in [3.05, 3.63) is 23.8 Å². The van der Waals surface area contributed by atoms with Crippen LogP contribution >= 0.6 is 0 Å². The highest BCUT2D eigenvalue weighted by atomic mass is 16.7. The number of ether oxygens (including phenoxy) is 4. The van der Waals surface area contributed by atoms with E-state index >= 15 is 0 Å². The van der Waals surface area contributed by atoms with Crippen LogP contribution in [-0.2, 0) is 30.3 Å². The number of esters is 2. The summed E-state index contributed by atoms with van der Waals surface area (Å²) < 4.78 is 20.7. The third-order valence-corrected chi connectivity index (χ3v) is 4.39. The van der Waals surface area contributed by atoms with E-state index in [0.29, 0.717) is 5.56 Å². The van der Waals surface area contributed by atoms with Gasteiger partial charge in [-0.05, 0) is 44.9 Å². The van der Waals surface area contributed by atoms with Gasteiger partial charge in [-0.2, -0.15) is 0 Å². The molecular formula is C24H35NO9.